The van der Waals surface area contributed by atoms with E-state index in [2.05, 4.69) is 15.5 Å². The lowest BCUT2D eigenvalue weighted by Gasteiger charge is -2.12. The van der Waals surface area contributed by atoms with Gasteiger partial charge in [0.15, 0.2) is 11.5 Å². The molecule has 0 unspecified atom stereocenters. The molecule has 0 aliphatic carbocycles. The van der Waals surface area contributed by atoms with E-state index in [1.54, 1.807) is 24.3 Å². The van der Waals surface area contributed by atoms with Crippen molar-refractivity contribution in [1.82, 2.24) is 15.5 Å². The number of aryl methyl sites for hydroxylation is 1. The van der Waals surface area contributed by atoms with Crippen molar-refractivity contribution < 1.29 is 19.0 Å². The number of hydrogen-bond acceptors (Lipinski definition) is 6. The van der Waals surface area contributed by atoms with Crippen LogP contribution in [0.1, 0.15) is 29.8 Å². The van der Waals surface area contributed by atoms with Crippen LogP contribution in [0.2, 0.25) is 0 Å². The van der Waals surface area contributed by atoms with E-state index in [-0.39, 0.29) is 12.5 Å². The van der Waals surface area contributed by atoms with Crippen LogP contribution in [-0.4, -0.2) is 42.5 Å². The zero-order valence-corrected chi connectivity index (χ0v) is 18.1. The maximum absolute atomic E-state index is 12.4. The van der Waals surface area contributed by atoms with E-state index in [1.807, 2.05) is 51.1 Å². The third-order valence-corrected chi connectivity index (χ3v) is 4.43. The predicted octanol–water partition coefficient (Wildman–Crippen LogP) is 4.06. The molecule has 31 heavy (non-hydrogen) atoms. The minimum atomic E-state index is -0.214. The van der Waals surface area contributed by atoms with Crippen LogP contribution >= 0.6 is 0 Å². The molecule has 0 spiro atoms. The van der Waals surface area contributed by atoms with Crippen molar-refractivity contribution in [3.05, 3.63) is 65.7 Å². The Morgan fingerprint density at radius 2 is 1.61 bits per heavy atom. The summed E-state index contributed by atoms with van der Waals surface area (Å²) in [5, 5.41) is 11.1. The molecule has 0 aliphatic heterocycles. The van der Waals surface area contributed by atoms with Gasteiger partial charge >= 0.3 is 0 Å². The van der Waals surface area contributed by atoms with E-state index in [0.717, 1.165) is 11.3 Å². The Kier molecular flexibility index (Phi) is 7.81. The Balaban J connectivity index is 1.49. The van der Waals surface area contributed by atoms with E-state index < -0.39 is 0 Å². The van der Waals surface area contributed by atoms with Gasteiger partial charge in [-0.1, -0.05) is 29.8 Å². The standard InChI is InChI=1S/C24H27N3O4/c1-4-29-21-12-10-19(16-22(21)30-5-2)24(28)25-14-15-31-23-13-11-20(26-27-23)18-8-6-17(3)7-9-18/h6-13,16H,4-5,14-15H2,1-3H3,(H,25,28). The fourth-order valence-corrected chi connectivity index (χ4v) is 2.89. The molecule has 1 amide bonds. The Hall–Kier alpha value is -3.61. The lowest BCUT2D eigenvalue weighted by Crippen LogP contribution is -2.28. The smallest absolute Gasteiger partial charge is 0.251 e. The van der Waals surface area contributed by atoms with Gasteiger partial charge in [0.1, 0.15) is 6.61 Å². The van der Waals surface area contributed by atoms with Crippen LogP contribution < -0.4 is 19.5 Å². The SMILES string of the molecule is CCOc1ccc(C(=O)NCCOc2ccc(-c3ccc(C)cc3)nn2)cc1OCC. The zero-order valence-electron chi connectivity index (χ0n) is 18.1. The maximum Gasteiger partial charge on any atom is 0.251 e. The van der Waals surface area contributed by atoms with E-state index in [1.165, 1.54) is 5.56 Å². The number of ether oxygens (including phenoxy) is 3. The molecule has 1 heterocycles. The topological polar surface area (TPSA) is 82.6 Å². The van der Waals surface area contributed by atoms with Gasteiger partial charge in [0.05, 0.1) is 25.5 Å². The van der Waals surface area contributed by atoms with Gasteiger partial charge in [0, 0.05) is 17.2 Å². The molecule has 3 aromatic rings. The molecule has 0 bridgehead atoms. The van der Waals surface area contributed by atoms with Crippen molar-refractivity contribution in [1.29, 1.82) is 0 Å². The minimum absolute atomic E-state index is 0.214. The average Bonchev–Trinajstić information content (AvgIpc) is 2.79. The molecule has 0 atom stereocenters. The van der Waals surface area contributed by atoms with Crippen LogP contribution in [0, 0.1) is 6.92 Å². The summed E-state index contributed by atoms with van der Waals surface area (Å²) in [6, 6.07) is 16.8. The van der Waals surface area contributed by atoms with Gasteiger partial charge in [0.2, 0.25) is 5.88 Å². The summed E-state index contributed by atoms with van der Waals surface area (Å²) in [5.74, 6) is 1.37. The summed E-state index contributed by atoms with van der Waals surface area (Å²) < 4.78 is 16.7. The van der Waals surface area contributed by atoms with E-state index >= 15 is 0 Å². The fraction of sp³-hybridized carbons (Fsp3) is 0.292. The molecule has 1 N–H and O–H groups in total. The second-order valence-electron chi connectivity index (χ2n) is 6.75. The van der Waals surface area contributed by atoms with Crippen LogP contribution in [0.3, 0.4) is 0 Å². The van der Waals surface area contributed by atoms with Gasteiger partial charge in [-0.3, -0.25) is 4.79 Å². The normalized spacial score (nSPS) is 10.4. The molecular formula is C24H27N3O4. The van der Waals surface area contributed by atoms with Crippen molar-refractivity contribution in [2.75, 3.05) is 26.4 Å². The van der Waals surface area contributed by atoms with E-state index in [4.69, 9.17) is 14.2 Å². The molecule has 0 fully saturated rings. The molecule has 0 aliphatic rings. The van der Waals surface area contributed by atoms with Crippen LogP contribution in [-0.2, 0) is 0 Å². The number of aromatic nitrogens is 2. The number of nitrogens with zero attached hydrogens (tertiary/aromatic N) is 2. The van der Waals surface area contributed by atoms with Gasteiger partial charge in [0.25, 0.3) is 5.91 Å². The van der Waals surface area contributed by atoms with Crippen molar-refractivity contribution in [3.63, 3.8) is 0 Å². The largest absolute Gasteiger partial charge is 0.490 e. The van der Waals surface area contributed by atoms with E-state index in [9.17, 15) is 4.79 Å². The zero-order chi connectivity index (χ0) is 22.1. The summed E-state index contributed by atoms with van der Waals surface area (Å²) in [7, 11) is 0. The number of carbonyl (C=O) groups excluding carboxylic acids is 1. The molecule has 0 saturated heterocycles. The highest BCUT2D eigenvalue weighted by atomic mass is 16.5. The average molecular weight is 421 g/mol. The van der Waals surface area contributed by atoms with Crippen LogP contribution in [0.15, 0.2) is 54.6 Å². The first-order valence-electron chi connectivity index (χ1n) is 10.3. The van der Waals surface area contributed by atoms with Gasteiger partial charge in [-0.15, -0.1) is 10.2 Å². The highest BCUT2D eigenvalue weighted by molar-refractivity contribution is 5.94. The Labute approximate surface area is 182 Å². The molecular weight excluding hydrogens is 394 g/mol. The van der Waals surface area contributed by atoms with E-state index in [0.29, 0.717) is 42.7 Å². The fourth-order valence-electron chi connectivity index (χ4n) is 2.89. The monoisotopic (exact) mass is 421 g/mol. The lowest BCUT2D eigenvalue weighted by molar-refractivity contribution is 0.0946. The summed E-state index contributed by atoms with van der Waals surface area (Å²) in [6.07, 6.45) is 0. The quantitative estimate of drug-likeness (QED) is 0.497. The molecule has 7 nitrogen and oxygen atoms in total. The Bertz CT molecular complexity index is 989. The summed E-state index contributed by atoms with van der Waals surface area (Å²) in [6.45, 7) is 7.45. The van der Waals surface area contributed by atoms with Crippen molar-refractivity contribution in [2.24, 2.45) is 0 Å². The van der Waals surface area contributed by atoms with Gasteiger partial charge in [-0.25, -0.2) is 0 Å². The van der Waals surface area contributed by atoms with Crippen LogP contribution in [0.4, 0.5) is 0 Å². The third-order valence-electron chi connectivity index (χ3n) is 4.43. The second-order valence-corrected chi connectivity index (χ2v) is 6.75. The molecule has 3 rings (SSSR count). The number of rotatable bonds is 10. The Morgan fingerprint density at radius 3 is 2.29 bits per heavy atom. The van der Waals surface area contributed by atoms with Gasteiger partial charge in [-0.05, 0) is 45.0 Å². The molecule has 1 aromatic heterocycles. The van der Waals surface area contributed by atoms with Gasteiger partial charge in [-0.2, -0.15) is 0 Å². The van der Waals surface area contributed by atoms with Gasteiger partial charge < -0.3 is 19.5 Å². The number of amides is 1. The number of carbonyl (C=O) groups is 1. The summed E-state index contributed by atoms with van der Waals surface area (Å²) in [4.78, 5) is 12.4. The predicted molar refractivity (Wildman–Crippen MR) is 119 cm³/mol. The summed E-state index contributed by atoms with van der Waals surface area (Å²) in [5.41, 5.74) is 3.46. The minimum Gasteiger partial charge on any atom is -0.490 e. The van der Waals surface area contributed by atoms with Crippen LogP contribution in [0.25, 0.3) is 11.3 Å². The first-order chi connectivity index (χ1) is 15.1. The second kappa shape index (κ2) is 11.0. The van der Waals surface area contributed by atoms with Crippen LogP contribution in [0.5, 0.6) is 17.4 Å². The highest BCUT2D eigenvalue weighted by Crippen LogP contribution is 2.28. The highest BCUT2D eigenvalue weighted by Gasteiger charge is 2.11. The number of nitrogens with one attached hydrogen (secondary N) is 1. The third kappa shape index (κ3) is 6.18. The van der Waals surface area contributed by atoms with Crippen molar-refractivity contribution in [2.45, 2.75) is 20.8 Å². The number of hydrogen-bond donors (Lipinski definition) is 1. The molecule has 2 aromatic carbocycles. The first-order valence-corrected chi connectivity index (χ1v) is 10.3. The molecule has 162 valence electrons. The van der Waals surface area contributed by atoms with Crippen molar-refractivity contribution >= 4 is 5.91 Å². The lowest BCUT2D eigenvalue weighted by atomic mass is 10.1. The maximum atomic E-state index is 12.4. The molecule has 7 heteroatoms. The summed E-state index contributed by atoms with van der Waals surface area (Å²) >= 11 is 0. The number of benzene rings is 2. The molecule has 0 radical (unpaired) electrons. The molecule has 0 saturated carbocycles. The van der Waals surface area contributed by atoms with Crippen molar-refractivity contribution in [3.8, 4) is 28.6 Å². The Morgan fingerprint density at radius 1 is 0.871 bits per heavy atom. The first kappa shape index (κ1) is 22.1.